The molecule has 1 aromatic heterocycles. The van der Waals surface area contributed by atoms with Crippen LogP contribution in [0.2, 0.25) is 0 Å². The number of nitrogens with zero attached hydrogens (tertiary/aromatic N) is 1. The molecule has 1 heterocycles. The first-order valence-corrected chi connectivity index (χ1v) is 12.1. The van der Waals surface area contributed by atoms with E-state index in [9.17, 15) is 13.2 Å². The number of fused-ring (bicyclic) bond motifs is 1. The van der Waals surface area contributed by atoms with E-state index in [0.29, 0.717) is 16.6 Å². The molecule has 168 valence electrons. The molecule has 7 heteroatoms. The number of aryl methyl sites for hydroxylation is 1. The van der Waals surface area contributed by atoms with Crippen molar-refractivity contribution < 1.29 is 13.2 Å². The number of pyridine rings is 1. The summed E-state index contributed by atoms with van der Waals surface area (Å²) >= 11 is 0. The Bertz CT molecular complexity index is 1400. The number of sulfonamides is 1. The SMILES string of the molecule is Cc1cccc(NC(=O)C(Cc2ccccc2)NS(=O)(=O)c2cccc3cccnc23)c1C. The van der Waals surface area contributed by atoms with Gasteiger partial charge in [-0.2, -0.15) is 4.72 Å². The van der Waals surface area contributed by atoms with Crippen LogP contribution >= 0.6 is 0 Å². The zero-order chi connectivity index (χ0) is 23.4. The van der Waals surface area contributed by atoms with Gasteiger partial charge >= 0.3 is 0 Å². The number of hydrogen-bond donors (Lipinski definition) is 2. The highest BCUT2D eigenvalue weighted by Gasteiger charge is 2.28. The first-order chi connectivity index (χ1) is 15.8. The van der Waals surface area contributed by atoms with Gasteiger partial charge in [0.1, 0.15) is 10.9 Å². The predicted octanol–water partition coefficient (Wildman–Crippen LogP) is 4.38. The first kappa shape index (κ1) is 22.6. The van der Waals surface area contributed by atoms with Crippen LogP contribution in [0, 0.1) is 13.8 Å². The maximum Gasteiger partial charge on any atom is 0.243 e. The maximum absolute atomic E-state index is 13.4. The minimum atomic E-state index is -4.04. The van der Waals surface area contributed by atoms with E-state index in [0.717, 1.165) is 16.7 Å². The summed E-state index contributed by atoms with van der Waals surface area (Å²) in [5.41, 5.74) is 3.84. The monoisotopic (exact) mass is 459 g/mol. The summed E-state index contributed by atoms with van der Waals surface area (Å²) in [6.45, 7) is 3.88. The van der Waals surface area contributed by atoms with Crippen LogP contribution < -0.4 is 10.0 Å². The summed E-state index contributed by atoms with van der Waals surface area (Å²) in [6.07, 6.45) is 1.75. The Morgan fingerprint density at radius 1 is 0.909 bits per heavy atom. The number of rotatable bonds is 7. The molecule has 0 aliphatic heterocycles. The normalized spacial score (nSPS) is 12.4. The second kappa shape index (κ2) is 9.52. The standard InChI is InChI=1S/C26H25N3O3S/c1-18-9-6-14-22(19(18)2)28-26(30)23(17-20-10-4-3-5-11-20)29-33(31,32)24-15-7-12-21-13-8-16-27-25(21)24/h3-16,23,29H,17H2,1-2H3,(H,28,30). The Morgan fingerprint density at radius 3 is 2.42 bits per heavy atom. The molecule has 0 fully saturated rings. The first-order valence-electron chi connectivity index (χ1n) is 10.6. The van der Waals surface area contributed by atoms with E-state index in [2.05, 4.69) is 15.0 Å². The summed E-state index contributed by atoms with van der Waals surface area (Å²) in [6, 6.07) is 22.5. The topological polar surface area (TPSA) is 88.2 Å². The number of amides is 1. The molecule has 3 aromatic carbocycles. The lowest BCUT2D eigenvalue weighted by atomic mass is 10.0. The van der Waals surface area contributed by atoms with Crippen molar-refractivity contribution in [3.63, 3.8) is 0 Å². The van der Waals surface area contributed by atoms with E-state index < -0.39 is 22.0 Å². The molecule has 1 atom stereocenters. The molecule has 0 spiro atoms. The fourth-order valence-electron chi connectivity index (χ4n) is 3.69. The molecule has 1 amide bonds. The van der Waals surface area contributed by atoms with Crippen LogP contribution in [0.3, 0.4) is 0 Å². The van der Waals surface area contributed by atoms with Crippen LogP contribution in [0.1, 0.15) is 16.7 Å². The Balaban J connectivity index is 1.68. The van der Waals surface area contributed by atoms with Crippen LogP contribution in [0.15, 0.2) is 90.0 Å². The van der Waals surface area contributed by atoms with Gasteiger partial charge in [0, 0.05) is 17.3 Å². The Morgan fingerprint density at radius 2 is 1.64 bits per heavy atom. The molecule has 0 aliphatic rings. The van der Waals surface area contributed by atoms with E-state index in [1.165, 1.54) is 6.07 Å². The van der Waals surface area contributed by atoms with Crippen LogP contribution in [0.5, 0.6) is 0 Å². The van der Waals surface area contributed by atoms with Crippen molar-refractivity contribution in [2.24, 2.45) is 0 Å². The fraction of sp³-hybridized carbons (Fsp3) is 0.154. The van der Waals surface area contributed by atoms with Gasteiger partial charge in [0.25, 0.3) is 0 Å². The van der Waals surface area contributed by atoms with E-state index in [4.69, 9.17) is 0 Å². The number of hydrogen-bond acceptors (Lipinski definition) is 4. The molecule has 4 rings (SSSR count). The molecule has 0 saturated carbocycles. The lowest BCUT2D eigenvalue weighted by Crippen LogP contribution is -2.45. The molecular formula is C26H25N3O3S. The summed E-state index contributed by atoms with van der Waals surface area (Å²) < 4.78 is 29.4. The van der Waals surface area contributed by atoms with Gasteiger partial charge in [-0.3, -0.25) is 9.78 Å². The minimum absolute atomic E-state index is 0.0400. The molecule has 6 nitrogen and oxygen atoms in total. The minimum Gasteiger partial charge on any atom is -0.324 e. The predicted molar refractivity (Wildman–Crippen MR) is 131 cm³/mol. The number of para-hydroxylation sites is 1. The van der Waals surface area contributed by atoms with Gasteiger partial charge < -0.3 is 5.32 Å². The highest BCUT2D eigenvalue weighted by Crippen LogP contribution is 2.22. The zero-order valence-electron chi connectivity index (χ0n) is 18.4. The van der Waals surface area contributed by atoms with Gasteiger partial charge in [0.15, 0.2) is 0 Å². The molecule has 2 N–H and O–H groups in total. The van der Waals surface area contributed by atoms with Gasteiger partial charge in [0.2, 0.25) is 15.9 Å². The van der Waals surface area contributed by atoms with E-state index >= 15 is 0 Å². The van der Waals surface area contributed by atoms with Gasteiger partial charge in [-0.05, 0) is 55.2 Å². The fourth-order valence-corrected chi connectivity index (χ4v) is 5.06. The highest BCUT2D eigenvalue weighted by molar-refractivity contribution is 7.89. The Hall–Kier alpha value is -3.55. The summed E-state index contributed by atoms with van der Waals surface area (Å²) in [7, 11) is -4.04. The van der Waals surface area contributed by atoms with Crippen molar-refractivity contribution in [3.8, 4) is 0 Å². The zero-order valence-corrected chi connectivity index (χ0v) is 19.3. The summed E-state index contributed by atoms with van der Waals surface area (Å²) in [4.78, 5) is 17.6. The number of aromatic nitrogens is 1. The number of benzene rings is 3. The average molecular weight is 460 g/mol. The maximum atomic E-state index is 13.4. The highest BCUT2D eigenvalue weighted by atomic mass is 32.2. The Kier molecular flexibility index (Phi) is 6.53. The largest absolute Gasteiger partial charge is 0.324 e. The number of carbonyl (C=O) groups excluding carboxylic acids is 1. The molecule has 1 unspecified atom stereocenters. The third kappa shape index (κ3) is 5.10. The summed E-state index contributed by atoms with van der Waals surface area (Å²) in [5, 5.41) is 3.61. The van der Waals surface area contributed by atoms with Gasteiger partial charge in [0.05, 0.1) is 5.52 Å². The van der Waals surface area contributed by atoms with Gasteiger partial charge in [-0.1, -0.05) is 60.7 Å². The number of carbonyl (C=O) groups is 1. The third-order valence-corrected chi connectivity index (χ3v) is 7.15. The quantitative estimate of drug-likeness (QED) is 0.429. The lowest BCUT2D eigenvalue weighted by molar-refractivity contribution is -0.117. The Labute approximate surface area is 193 Å². The second-order valence-electron chi connectivity index (χ2n) is 7.93. The molecule has 0 bridgehead atoms. The lowest BCUT2D eigenvalue weighted by Gasteiger charge is -2.20. The van der Waals surface area contributed by atoms with Crippen molar-refractivity contribution >= 4 is 32.5 Å². The van der Waals surface area contributed by atoms with Crippen molar-refractivity contribution in [2.45, 2.75) is 31.2 Å². The van der Waals surface area contributed by atoms with Crippen molar-refractivity contribution in [1.82, 2.24) is 9.71 Å². The number of nitrogens with one attached hydrogen (secondary N) is 2. The molecular weight excluding hydrogens is 434 g/mol. The van der Waals surface area contributed by atoms with Crippen LogP contribution in [-0.2, 0) is 21.2 Å². The molecule has 4 aromatic rings. The second-order valence-corrected chi connectivity index (χ2v) is 9.61. The van der Waals surface area contributed by atoms with Crippen molar-refractivity contribution in [2.75, 3.05) is 5.32 Å². The van der Waals surface area contributed by atoms with Crippen molar-refractivity contribution in [3.05, 3.63) is 102 Å². The average Bonchev–Trinajstić information content (AvgIpc) is 2.81. The van der Waals surface area contributed by atoms with E-state index in [1.54, 1.807) is 30.5 Å². The molecule has 0 radical (unpaired) electrons. The van der Waals surface area contributed by atoms with E-state index in [1.807, 2.05) is 62.4 Å². The third-order valence-electron chi connectivity index (χ3n) is 5.64. The van der Waals surface area contributed by atoms with Gasteiger partial charge in [-0.25, -0.2) is 8.42 Å². The van der Waals surface area contributed by atoms with Crippen LogP contribution in [0.25, 0.3) is 10.9 Å². The van der Waals surface area contributed by atoms with Crippen LogP contribution in [0.4, 0.5) is 5.69 Å². The van der Waals surface area contributed by atoms with E-state index in [-0.39, 0.29) is 11.3 Å². The van der Waals surface area contributed by atoms with Gasteiger partial charge in [-0.15, -0.1) is 0 Å². The number of anilines is 1. The smallest absolute Gasteiger partial charge is 0.243 e. The van der Waals surface area contributed by atoms with Crippen LogP contribution in [-0.4, -0.2) is 25.4 Å². The molecule has 33 heavy (non-hydrogen) atoms. The molecule has 0 aliphatic carbocycles. The molecule has 0 saturated heterocycles. The summed E-state index contributed by atoms with van der Waals surface area (Å²) in [5.74, 6) is -0.427. The van der Waals surface area contributed by atoms with Crippen molar-refractivity contribution in [1.29, 1.82) is 0 Å².